The number of carbonyl (C=O) groups is 4. The van der Waals surface area contributed by atoms with E-state index in [2.05, 4.69) is 10.6 Å². The van der Waals surface area contributed by atoms with Gasteiger partial charge in [-0.2, -0.15) is 0 Å². The number of hydrogen-bond donors (Lipinski definition) is 2. The van der Waals surface area contributed by atoms with Crippen LogP contribution in [0.15, 0.2) is 42.5 Å². The van der Waals surface area contributed by atoms with E-state index < -0.39 is 35.8 Å². The normalized spacial score (nSPS) is 11.6. The van der Waals surface area contributed by atoms with Crippen LogP contribution in [0.25, 0.3) is 0 Å². The van der Waals surface area contributed by atoms with Crippen LogP contribution in [0.5, 0.6) is 0 Å². The molecule has 2 amide bonds. The summed E-state index contributed by atoms with van der Waals surface area (Å²) in [5.74, 6) is -1.17. The fourth-order valence-electron chi connectivity index (χ4n) is 3.39. The molecule has 37 heavy (non-hydrogen) atoms. The first-order valence-corrected chi connectivity index (χ1v) is 11.7. The molecule has 0 saturated carbocycles. The van der Waals surface area contributed by atoms with E-state index in [4.69, 9.17) is 18.9 Å². The summed E-state index contributed by atoms with van der Waals surface area (Å²) >= 11 is 0. The van der Waals surface area contributed by atoms with Crippen molar-refractivity contribution < 1.29 is 38.1 Å². The van der Waals surface area contributed by atoms with Crippen molar-refractivity contribution in [2.75, 3.05) is 12.4 Å². The molecule has 0 aromatic heterocycles. The van der Waals surface area contributed by atoms with E-state index in [-0.39, 0.29) is 19.6 Å². The van der Waals surface area contributed by atoms with E-state index >= 15 is 0 Å². The summed E-state index contributed by atoms with van der Waals surface area (Å²) in [7, 11) is 1.21. The highest BCUT2D eigenvalue weighted by Crippen LogP contribution is 2.26. The summed E-state index contributed by atoms with van der Waals surface area (Å²) < 4.78 is 20.6. The predicted molar refractivity (Wildman–Crippen MR) is 136 cm³/mol. The van der Waals surface area contributed by atoms with Crippen molar-refractivity contribution >= 4 is 29.8 Å². The minimum absolute atomic E-state index is 0.0251. The van der Waals surface area contributed by atoms with Crippen molar-refractivity contribution in [3.63, 3.8) is 0 Å². The van der Waals surface area contributed by atoms with Crippen molar-refractivity contribution in [1.82, 2.24) is 5.32 Å². The molecule has 10 nitrogen and oxygen atoms in total. The van der Waals surface area contributed by atoms with Gasteiger partial charge in [0.2, 0.25) is 0 Å². The van der Waals surface area contributed by atoms with E-state index in [1.807, 2.05) is 30.3 Å². The molecule has 0 aliphatic carbocycles. The lowest BCUT2D eigenvalue weighted by Crippen LogP contribution is -2.43. The molecule has 0 fully saturated rings. The molecule has 200 valence electrons. The zero-order chi connectivity index (χ0) is 27.6. The Balaban J connectivity index is 2.25. The van der Waals surface area contributed by atoms with Crippen molar-refractivity contribution in [1.29, 1.82) is 0 Å². The van der Waals surface area contributed by atoms with Crippen LogP contribution in [0.4, 0.5) is 15.3 Å². The highest BCUT2D eigenvalue weighted by atomic mass is 16.6. The van der Waals surface area contributed by atoms with Crippen molar-refractivity contribution in [3.8, 4) is 0 Å². The third-order valence-corrected chi connectivity index (χ3v) is 5.17. The summed E-state index contributed by atoms with van der Waals surface area (Å²) in [5, 5.41) is 5.23. The molecular weight excluding hydrogens is 480 g/mol. The van der Waals surface area contributed by atoms with Crippen LogP contribution in [0.2, 0.25) is 0 Å². The minimum atomic E-state index is -1.08. The monoisotopic (exact) mass is 514 g/mol. The van der Waals surface area contributed by atoms with Gasteiger partial charge in [-0.15, -0.1) is 0 Å². The molecule has 0 radical (unpaired) electrons. The van der Waals surface area contributed by atoms with Gasteiger partial charge in [-0.1, -0.05) is 36.4 Å². The standard InChI is InChI=1S/C27H34N2O8/c1-17-21(16-35-18(2)30)20(12-13-22(17)28-26(33)37-27(3,4)5)14-23(24(31)34-6)29-25(32)36-15-19-10-8-7-9-11-19/h7-13,23H,14-16H2,1-6H3,(H,28,33)(H,29,32). The number of ether oxygens (including phenoxy) is 4. The third kappa shape index (κ3) is 9.83. The fraction of sp³-hybridized carbons (Fsp3) is 0.407. The number of alkyl carbamates (subject to hydrolysis) is 1. The Morgan fingerprint density at radius 1 is 0.919 bits per heavy atom. The number of amides is 2. The highest BCUT2D eigenvalue weighted by Gasteiger charge is 2.26. The number of benzene rings is 2. The van der Waals surface area contributed by atoms with Crippen LogP contribution in [-0.2, 0) is 48.2 Å². The van der Waals surface area contributed by atoms with Gasteiger partial charge in [-0.05, 0) is 56.0 Å². The topological polar surface area (TPSA) is 129 Å². The van der Waals surface area contributed by atoms with Gasteiger partial charge in [-0.25, -0.2) is 14.4 Å². The van der Waals surface area contributed by atoms with E-state index in [0.29, 0.717) is 22.4 Å². The molecule has 2 aromatic rings. The van der Waals surface area contributed by atoms with Crippen LogP contribution >= 0.6 is 0 Å². The number of anilines is 1. The molecule has 0 saturated heterocycles. The Kier molecular flexibility index (Phi) is 10.5. The molecule has 0 spiro atoms. The van der Waals surface area contributed by atoms with Gasteiger partial charge in [0.15, 0.2) is 0 Å². The molecule has 0 bridgehead atoms. The lowest BCUT2D eigenvalue weighted by Gasteiger charge is -2.22. The fourth-order valence-corrected chi connectivity index (χ4v) is 3.39. The van der Waals surface area contributed by atoms with Gasteiger partial charge in [0.1, 0.15) is 24.9 Å². The summed E-state index contributed by atoms with van der Waals surface area (Å²) in [4.78, 5) is 48.7. The van der Waals surface area contributed by atoms with Crippen LogP contribution in [-0.4, -0.2) is 42.9 Å². The van der Waals surface area contributed by atoms with E-state index in [0.717, 1.165) is 5.56 Å². The third-order valence-electron chi connectivity index (χ3n) is 5.17. The van der Waals surface area contributed by atoms with Crippen LogP contribution in [0.1, 0.15) is 49.9 Å². The van der Waals surface area contributed by atoms with E-state index in [1.165, 1.54) is 14.0 Å². The second-order valence-corrected chi connectivity index (χ2v) is 9.27. The predicted octanol–water partition coefficient (Wildman–Crippen LogP) is 4.42. The molecular formula is C27H34N2O8. The first-order chi connectivity index (χ1) is 17.4. The second kappa shape index (κ2) is 13.3. The van der Waals surface area contributed by atoms with Crippen LogP contribution in [0, 0.1) is 6.92 Å². The zero-order valence-corrected chi connectivity index (χ0v) is 22.0. The van der Waals surface area contributed by atoms with Crippen molar-refractivity contribution in [3.05, 3.63) is 64.7 Å². The lowest BCUT2D eigenvalue weighted by molar-refractivity contribution is -0.143. The van der Waals surface area contributed by atoms with Crippen molar-refractivity contribution in [2.45, 2.75) is 65.9 Å². The first-order valence-electron chi connectivity index (χ1n) is 11.7. The number of esters is 2. The van der Waals surface area contributed by atoms with Gasteiger partial charge in [0.05, 0.1) is 7.11 Å². The van der Waals surface area contributed by atoms with Crippen LogP contribution in [0.3, 0.4) is 0 Å². The average Bonchev–Trinajstić information content (AvgIpc) is 2.82. The molecule has 2 aromatic carbocycles. The molecule has 0 heterocycles. The SMILES string of the molecule is COC(=O)C(Cc1ccc(NC(=O)OC(C)(C)C)c(C)c1COC(C)=O)NC(=O)OCc1ccccc1. The summed E-state index contributed by atoms with van der Waals surface area (Å²) in [5.41, 5.74) is 2.33. The van der Waals surface area contributed by atoms with Crippen molar-refractivity contribution in [2.24, 2.45) is 0 Å². The average molecular weight is 515 g/mol. The number of carbonyl (C=O) groups excluding carboxylic acids is 4. The number of rotatable bonds is 9. The quantitative estimate of drug-likeness (QED) is 0.372. The Morgan fingerprint density at radius 2 is 1.59 bits per heavy atom. The largest absolute Gasteiger partial charge is 0.467 e. The van der Waals surface area contributed by atoms with E-state index in [9.17, 15) is 19.2 Å². The molecule has 2 rings (SSSR count). The number of nitrogens with one attached hydrogen (secondary N) is 2. The number of methoxy groups -OCH3 is 1. The summed E-state index contributed by atoms with van der Waals surface area (Å²) in [6, 6.07) is 11.3. The molecule has 1 atom stereocenters. The smallest absolute Gasteiger partial charge is 0.412 e. The molecule has 0 aliphatic heterocycles. The molecule has 1 unspecified atom stereocenters. The maximum Gasteiger partial charge on any atom is 0.412 e. The Morgan fingerprint density at radius 3 is 2.19 bits per heavy atom. The maximum absolute atomic E-state index is 12.5. The second-order valence-electron chi connectivity index (χ2n) is 9.27. The highest BCUT2D eigenvalue weighted by molar-refractivity contribution is 5.86. The molecule has 0 aliphatic rings. The van der Waals surface area contributed by atoms with Gasteiger partial charge < -0.3 is 24.3 Å². The lowest BCUT2D eigenvalue weighted by atomic mass is 9.95. The Hall–Kier alpha value is -4.08. The van der Waals surface area contributed by atoms with E-state index in [1.54, 1.807) is 39.8 Å². The zero-order valence-electron chi connectivity index (χ0n) is 22.0. The number of hydrogen-bond acceptors (Lipinski definition) is 8. The summed E-state index contributed by atoms with van der Waals surface area (Å²) in [6.07, 6.45) is -1.41. The Labute approximate surface area is 216 Å². The van der Waals surface area contributed by atoms with Gasteiger partial charge in [-0.3, -0.25) is 10.1 Å². The minimum Gasteiger partial charge on any atom is -0.467 e. The Bertz CT molecular complexity index is 1110. The van der Waals surface area contributed by atoms with Gasteiger partial charge >= 0.3 is 24.1 Å². The van der Waals surface area contributed by atoms with Crippen LogP contribution < -0.4 is 10.6 Å². The maximum atomic E-state index is 12.5. The van der Waals surface area contributed by atoms with Gasteiger partial charge in [0, 0.05) is 19.0 Å². The van der Waals surface area contributed by atoms with Gasteiger partial charge in [0.25, 0.3) is 0 Å². The first kappa shape index (κ1) is 29.2. The molecule has 2 N–H and O–H groups in total. The molecule has 10 heteroatoms. The summed E-state index contributed by atoms with van der Waals surface area (Å²) in [6.45, 7) is 8.19.